The van der Waals surface area contributed by atoms with Crippen LogP contribution < -0.4 is 4.72 Å². The van der Waals surface area contributed by atoms with Gasteiger partial charge in [0, 0.05) is 12.7 Å². The molecular weight excluding hydrogens is 294 g/mol. The van der Waals surface area contributed by atoms with Crippen LogP contribution in [0.5, 0.6) is 0 Å². The monoisotopic (exact) mass is 309 g/mol. The van der Waals surface area contributed by atoms with Gasteiger partial charge >= 0.3 is 5.97 Å². The Morgan fingerprint density at radius 1 is 1.38 bits per heavy atom. The van der Waals surface area contributed by atoms with E-state index in [1.807, 2.05) is 6.92 Å². The molecule has 2 N–H and O–H groups in total. The fourth-order valence-corrected chi connectivity index (χ4v) is 3.08. The first kappa shape index (κ1) is 15.2. The standard InChI is InChI=1S/C13H15N3O4S/c1-2-7-15-21(19,20)12-6-4-3-5-11(12)16-9-10(8-14-16)13(17)18/h3-6,8-9,15H,2,7H2,1H3,(H,17,18). The van der Waals surface area contributed by atoms with Crippen LogP contribution in [0.3, 0.4) is 0 Å². The summed E-state index contributed by atoms with van der Waals surface area (Å²) >= 11 is 0. The lowest BCUT2D eigenvalue weighted by Crippen LogP contribution is -2.25. The maximum absolute atomic E-state index is 12.3. The zero-order chi connectivity index (χ0) is 15.5. The second-order valence-corrected chi connectivity index (χ2v) is 6.08. The van der Waals surface area contributed by atoms with Gasteiger partial charge in [-0.05, 0) is 18.6 Å². The van der Waals surface area contributed by atoms with Gasteiger partial charge in [0.2, 0.25) is 10.0 Å². The van der Waals surface area contributed by atoms with Crippen molar-refractivity contribution in [2.75, 3.05) is 6.54 Å². The molecule has 0 unspecified atom stereocenters. The number of hydrogen-bond acceptors (Lipinski definition) is 4. The van der Waals surface area contributed by atoms with Gasteiger partial charge in [-0.2, -0.15) is 5.10 Å². The van der Waals surface area contributed by atoms with E-state index in [1.165, 1.54) is 23.1 Å². The van der Waals surface area contributed by atoms with Crippen LogP contribution in [0.2, 0.25) is 0 Å². The van der Waals surface area contributed by atoms with Crippen LogP contribution >= 0.6 is 0 Å². The minimum absolute atomic E-state index is 0.0104. The number of benzene rings is 1. The molecule has 0 saturated carbocycles. The largest absolute Gasteiger partial charge is 0.478 e. The number of hydrogen-bond donors (Lipinski definition) is 2. The fourth-order valence-electron chi connectivity index (χ4n) is 1.75. The fraction of sp³-hybridized carbons (Fsp3) is 0.231. The highest BCUT2D eigenvalue weighted by Gasteiger charge is 2.19. The van der Waals surface area contributed by atoms with Crippen molar-refractivity contribution in [1.29, 1.82) is 0 Å². The number of carboxylic acids is 1. The molecule has 0 bridgehead atoms. The van der Waals surface area contributed by atoms with E-state index >= 15 is 0 Å². The number of nitrogens with zero attached hydrogens (tertiary/aromatic N) is 2. The Hall–Kier alpha value is -2.19. The number of carbonyl (C=O) groups is 1. The molecule has 0 aliphatic heterocycles. The van der Waals surface area contributed by atoms with Gasteiger partial charge in [-0.1, -0.05) is 19.1 Å². The molecule has 2 aromatic rings. The number of nitrogens with one attached hydrogen (secondary N) is 1. The quantitative estimate of drug-likeness (QED) is 0.836. The lowest BCUT2D eigenvalue weighted by atomic mass is 10.3. The van der Waals surface area contributed by atoms with E-state index in [2.05, 4.69) is 9.82 Å². The zero-order valence-electron chi connectivity index (χ0n) is 11.4. The highest BCUT2D eigenvalue weighted by molar-refractivity contribution is 7.89. The van der Waals surface area contributed by atoms with Gasteiger partial charge < -0.3 is 5.11 Å². The molecule has 0 saturated heterocycles. The van der Waals surface area contributed by atoms with Crippen LogP contribution in [0, 0.1) is 0 Å². The molecule has 1 heterocycles. The van der Waals surface area contributed by atoms with Gasteiger partial charge in [-0.3, -0.25) is 0 Å². The third kappa shape index (κ3) is 3.29. The van der Waals surface area contributed by atoms with E-state index in [9.17, 15) is 13.2 Å². The molecule has 1 aromatic carbocycles. The topological polar surface area (TPSA) is 101 Å². The van der Waals surface area contributed by atoms with Crippen LogP contribution in [0.1, 0.15) is 23.7 Å². The Kier molecular flexibility index (Phi) is 4.39. The van der Waals surface area contributed by atoms with E-state index in [1.54, 1.807) is 18.2 Å². The lowest BCUT2D eigenvalue weighted by Gasteiger charge is -2.10. The van der Waals surface area contributed by atoms with E-state index in [4.69, 9.17) is 5.11 Å². The molecular formula is C13H15N3O4S. The number of rotatable bonds is 6. The van der Waals surface area contributed by atoms with Crippen molar-refractivity contribution in [3.05, 3.63) is 42.2 Å². The number of aromatic carboxylic acids is 1. The molecule has 8 heteroatoms. The molecule has 1 aromatic heterocycles. The number of para-hydroxylation sites is 1. The SMILES string of the molecule is CCCNS(=O)(=O)c1ccccc1-n1cc(C(=O)O)cn1. The molecule has 21 heavy (non-hydrogen) atoms. The van der Waals surface area contributed by atoms with Gasteiger partial charge in [0.05, 0.1) is 17.4 Å². The van der Waals surface area contributed by atoms with Crippen molar-refractivity contribution in [3.8, 4) is 5.69 Å². The first-order valence-corrected chi connectivity index (χ1v) is 7.81. The zero-order valence-corrected chi connectivity index (χ0v) is 12.2. The average Bonchev–Trinajstić information content (AvgIpc) is 2.95. The smallest absolute Gasteiger partial charge is 0.338 e. The highest BCUT2D eigenvalue weighted by atomic mass is 32.2. The Bertz CT molecular complexity index is 752. The van der Waals surface area contributed by atoms with E-state index in [-0.39, 0.29) is 10.5 Å². The molecule has 0 spiro atoms. The van der Waals surface area contributed by atoms with Crippen molar-refractivity contribution in [1.82, 2.24) is 14.5 Å². The van der Waals surface area contributed by atoms with E-state index < -0.39 is 16.0 Å². The maximum atomic E-state index is 12.3. The van der Waals surface area contributed by atoms with Gasteiger partial charge in [-0.15, -0.1) is 0 Å². The number of sulfonamides is 1. The summed E-state index contributed by atoms with van der Waals surface area (Å²) in [6, 6.07) is 6.29. The molecule has 0 radical (unpaired) electrons. The normalized spacial score (nSPS) is 11.5. The summed E-state index contributed by atoms with van der Waals surface area (Å²) < 4.78 is 28.2. The Morgan fingerprint density at radius 3 is 2.71 bits per heavy atom. The Labute approximate surface area is 122 Å². The third-order valence-corrected chi connectivity index (χ3v) is 4.28. The lowest BCUT2D eigenvalue weighted by molar-refractivity contribution is 0.0697. The summed E-state index contributed by atoms with van der Waals surface area (Å²) in [6.07, 6.45) is 3.12. The molecule has 7 nitrogen and oxygen atoms in total. The van der Waals surface area contributed by atoms with Crippen LogP contribution in [0.25, 0.3) is 5.69 Å². The highest BCUT2D eigenvalue weighted by Crippen LogP contribution is 2.19. The first-order valence-electron chi connectivity index (χ1n) is 6.32. The third-order valence-electron chi connectivity index (χ3n) is 2.77. The predicted molar refractivity (Wildman–Crippen MR) is 76.0 cm³/mol. The summed E-state index contributed by atoms with van der Waals surface area (Å²) in [5.41, 5.74) is 0.289. The van der Waals surface area contributed by atoms with Crippen LogP contribution in [0.4, 0.5) is 0 Å². The summed E-state index contributed by atoms with van der Waals surface area (Å²) in [5, 5.41) is 12.8. The molecule has 0 fully saturated rings. The minimum Gasteiger partial charge on any atom is -0.478 e. The van der Waals surface area contributed by atoms with Gasteiger partial charge in [0.15, 0.2) is 0 Å². The predicted octanol–water partition coefficient (Wildman–Crippen LogP) is 1.26. The van der Waals surface area contributed by atoms with Crippen molar-refractivity contribution in [2.45, 2.75) is 18.2 Å². The van der Waals surface area contributed by atoms with E-state index in [0.29, 0.717) is 18.7 Å². The molecule has 0 atom stereocenters. The second-order valence-electron chi connectivity index (χ2n) is 4.34. The van der Waals surface area contributed by atoms with Gasteiger partial charge in [0.25, 0.3) is 0 Å². The summed E-state index contributed by atoms with van der Waals surface area (Å²) in [5.74, 6) is -1.12. The summed E-state index contributed by atoms with van der Waals surface area (Å²) in [6.45, 7) is 2.19. The van der Waals surface area contributed by atoms with Crippen molar-refractivity contribution >= 4 is 16.0 Å². The molecule has 0 aliphatic carbocycles. The molecule has 0 aliphatic rings. The van der Waals surface area contributed by atoms with Crippen LogP contribution in [-0.4, -0.2) is 35.8 Å². The molecule has 2 rings (SSSR count). The Balaban J connectivity index is 2.48. The average molecular weight is 309 g/mol. The summed E-state index contributed by atoms with van der Waals surface area (Å²) in [7, 11) is -3.67. The van der Waals surface area contributed by atoms with Gasteiger partial charge in [-0.25, -0.2) is 22.6 Å². The van der Waals surface area contributed by atoms with Crippen molar-refractivity contribution in [3.63, 3.8) is 0 Å². The van der Waals surface area contributed by atoms with Crippen LogP contribution in [-0.2, 0) is 10.0 Å². The van der Waals surface area contributed by atoms with Crippen LogP contribution in [0.15, 0.2) is 41.6 Å². The number of aromatic nitrogens is 2. The Morgan fingerprint density at radius 2 is 2.10 bits per heavy atom. The number of carboxylic acid groups (broad SMARTS) is 1. The summed E-state index contributed by atoms with van der Waals surface area (Å²) in [4.78, 5) is 10.9. The molecule has 112 valence electrons. The molecule has 0 amide bonds. The van der Waals surface area contributed by atoms with E-state index in [0.717, 1.165) is 0 Å². The minimum atomic E-state index is -3.67. The van der Waals surface area contributed by atoms with Gasteiger partial charge in [0.1, 0.15) is 4.90 Å². The maximum Gasteiger partial charge on any atom is 0.338 e. The van der Waals surface area contributed by atoms with Crippen molar-refractivity contribution in [2.24, 2.45) is 0 Å². The second kappa shape index (κ2) is 6.06. The first-order chi connectivity index (χ1) is 9.95. The van der Waals surface area contributed by atoms with Crippen molar-refractivity contribution < 1.29 is 18.3 Å².